The van der Waals surface area contributed by atoms with Crippen molar-refractivity contribution >= 4 is 5.97 Å². The number of aryl methyl sites for hydroxylation is 3. The number of carboxylic acids is 1. The van der Waals surface area contributed by atoms with Crippen LogP contribution >= 0.6 is 0 Å². The molecule has 2 aromatic heterocycles. The highest BCUT2D eigenvalue weighted by Crippen LogP contribution is 2.24. The van der Waals surface area contributed by atoms with Gasteiger partial charge in [-0.05, 0) is 6.07 Å². The molecule has 0 bridgehead atoms. The van der Waals surface area contributed by atoms with E-state index in [1.165, 1.54) is 0 Å². The number of hydrogen-bond acceptors (Lipinski definition) is 4. The summed E-state index contributed by atoms with van der Waals surface area (Å²) in [6.07, 6.45) is 2.46. The highest BCUT2D eigenvalue weighted by Gasteiger charge is 2.28. The van der Waals surface area contributed by atoms with Gasteiger partial charge in [-0.3, -0.25) is 4.68 Å². The molecule has 20 heavy (non-hydrogen) atoms. The van der Waals surface area contributed by atoms with Crippen LogP contribution in [0, 0.1) is 0 Å². The molecule has 7 heteroatoms. The predicted molar refractivity (Wildman–Crippen MR) is 72.6 cm³/mol. The lowest BCUT2D eigenvalue weighted by atomic mass is 9.90. The Balaban J connectivity index is 2.28. The molecule has 2 heterocycles. The molecule has 2 aromatic rings. The van der Waals surface area contributed by atoms with Gasteiger partial charge in [0.1, 0.15) is 0 Å². The first-order valence-corrected chi connectivity index (χ1v) is 6.45. The number of nitrogens with zero attached hydrogens (tertiary/aromatic N) is 5. The average Bonchev–Trinajstić information content (AvgIpc) is 2.91. The number of rotatable bonds is 4. The van der Waals surface area contributed by atoms with Crippen molar-refractivity contribution in [3.8, 4) is 0 Å². The first kappa shape index (κ1) is 14.2. The third kappa shape index (κ3) is 2.71. The minimum absolute atomic E-state index is 0.0301. The van der Waals surface area contributed by atoms with E-state index in [0.717, 1.165) is 12.1 Å². The Morgan fingerprint density at radius 2 is 2.10 bits per heavy atom. The van der Waals surface area contributed by atoms with Crippen LogP contribution < -0.4 is 0 Å². The van der Waals surface area contributed by atoms with E-state index in [2.05, 4.69) is 15.4 Å². The largest absolute Gasteiger partial charge is 0.476 e. The summed E-state index contributed by atoms with van der Waals surface area (Å²) in [4.78, 5) is 11.2. The van der Waals surface area contributed by atoms with Gasteiger partial charge in [0.15, 0.2) is 5.69 Å². The van der Waals surface area contributed by atoms with Gasteiger partial charge in [0, 0.05) is 37.3 Å². The van der Waals surface area contributed by atoms with E-state index in [0.29, 0.717) is 12.2 Å². The van der Waals surface area contributed by atoms with Crippen LogP contribution in [0.3, 0.4) is 0 Å². The normalized spacial score (nSPS) is 11.8. The SMILES string of the molecule is Cn1nccc1CCn1nnc(C(=O)O)c1C(C)(C)C. The van der Waals surface area contributed by atoms with Gasteiger partial charge in [-0.2, -0.15) is 5.10 Å². The number of aromatic nitrogens is 5. The van der Waals surface area contributed by atoms with Gasteiger partial charge in [-0.15, -0.1) is 5.10 Å². The third-order valence-corrected chi connectivity index (χ3v) is 3.15. The van der Waals surface area contributed by atoms with Gasteiger partial charge in [-0.1, -0.05) is 26.0 Å². The molecule has 0 saturated carbocycles. The first-order chi connectivity index (χ1) is 9.30. The molecule has 0 aliphatic carbocycles. The zero-order chi connectivity index (χ0) is 14.9. The quantitative estimate of drug-likeness (QED) is 0.909. The lowest BCUT2D eigenvalue weighted by Crippen LogP contribution is -2.22. The molecule has 0 aliphatic rings. The molecule has 0 unspecified atom stereocenters. The summed E-state index contributed by atoms with van der Waals surface area (Å²) in [5.41, 5.74) is 1.41. The molecule has 0 radical (unpaired) electrons. The Morgan fingerprint density at radius 1 is 1.40 bits per heavy atom. The van der Waals surface area contributed by atoms with Crippen LogP contribution in [-0.4, -0.2) is 35.9 Å². The molecular weight excluding hydrogens is 258 g/mol. The monoisotopic (exact) mass is 277 g/mol. The lowest BCUT2D eigenvalue weighted by molar-refractivity contribution is 0.0687. The van der Waals surface area contributed by atoms with Crippen LogP contribution in [-0.2, 0) is 25.4 Å². The molecule has 7 nitrogen and oxygen atoms in total. The van der Waals surface area contributed by atoms with Crippen LogP contribution in [0.15, 0.2) is 12.3 Å². The van der Waals surface area contributed by atoms with Gasteiger partial charge in [-0.25, -0.2) is 9.48 Å². The fourth-order valence-electron chi connectivity index (χ4n) is 2.22. The lowest BCUT2D eigenvalue weighted by Gasteiger charge is -2.20. The summed E-state index contributed by atoms with van der Waals surface area (Å²) in [5.74, 6) is -1.04. The Labute approximate surface area is 117 Å². The Morgan fingerprint density at radius 3 is 2.60 bits per heavy atom. The highest BCUT2D eigenvalue weighted by molar-refractivity contribution is 5.86. The number of aromatic carboxylic acids is 1. The number of hydrogen-bond donors (Lipinski definition) is 1. The van der Waals surface area contributed by atoms with Crippen molar-refractivity contribution in [1.29, 1.82) is 0 Å². The minimum Gasteiger partial charge on any atom is -0.476 e. The minimum atomic E-state index is -1.04. The summed E-state index contributed by atoms with van der Waals surface area (Å²) in [5, 5.41) is 21.1. The smallest absolute Gasteiger partial charge is 0.358 e. The molecule has 0 aliphatic heterocycles. The zero-order valence-corrected chi connectivity index (χ0v) is 12.2. The summed E-state index contributed by atoms with van der Waals surface area (Å²) in [6.45, 7) is 6.45. The Hall–Kier alpha value is -2.18. The standard InChI is InChI=1S/C13H19N5O2/c1-13(2,3)11-10(12(19)20)15-16-18(11)8-6-9-5-7-14-17(9)4/h5,7H,6,8H2,1-4H3,(H,19,20). The molecule has 2 rings (SSSR count). The van der Waals surface area contributed by atoms with Gasteiger partial charge in [0.2, 0.25) is 0 Å². The topological polar surface area (TPSA) is 85.8 Å². The highest BCUT2D eigenvalue weighted by atomic mass is 16.4. The molecule has 1 N–H and O–H groups in total. The van der Waals surface area contributed by atoms with Crippen molar-refractivity contribution < 1.29 is 9.90 Å². The van der Waals surface area contributed by atoms with Crippen molar-refractivity contribution in [3.63, 3.8) is 0 Å². The van der Waals surface area contributed by atoms with E-state index < -0.39 is 5.97 Å². The van der Waals surface area contributed by atoms with Crippen molar-refractivity contribution in [2.45, 2.75) is 39.2 Å². The molecule has 0 amide bonds. The van der Waals surface area contributed by atoms with Crippen LogP contribution in [0.5, 0.6) is 0 Å². The number of carbonyl (C=O) groups is 1. The summed E-state index contributed by atoms with van der Waals surface area (Å²) in [6, 6.07) is 1.94. The second kappa shape index (κ2) is 5.07. The molecule has 0 atom stereocenters. The second-order valence-electron chi connectivity index (χ2n) is 5.76. The first-order valence-electron chi connectivity index (χ1n) is 6.45. The van der Waals surface area contributed by atoms with Crippen molar-refractivity contribution in [2.24, 2.45) is 7.05 Å². The van der Waals surface area contributed by atoms with E-state index in [-0.39, 0.29) is 11.1 Å². The van der Waals surface area contributed by atoms with Crippen molar-refractivity contribution in [1.82, 2.24) is 24.8 Å². The average molecular weight is 277 g/mol. The maximum Gasteiger partial charge on any atom is 0.358 e. The van der Waals surface area contributed by atoms with E-state index in [9.17, 15) is 9.90 Å². The van der Waals surface area contributed by atoms with E-state index in [4.69, 9.17) is 0 Å². The van der Waals surface area contributed by atoms with Gasteiger partial charge >= 0.3 is 5.97 Å². The second-order valence-corrected chi connectivity index (χ2v) is 5.76. The third-order valence-electron chi connectivity index (χ3n) is 3.15. The summed E-state index contributed by atoms with van der Waals surface area (Å²) >= 11 is 0. The Kier molecular flexibility index (Phi) is 3.61. The van der Waals surface area contributed by atoms with E-state index >= 15 is 0 Å². The maximum atomic E-state index is 11.2. The molecule has 108 valence electrons. The van der Waals surface area contributed by atoms with Gasteiger partial charge in [0.25, 0.3) is 0 Å². The molecular formula is C13H19N5O2. The van der Waals surface area contributed by atoms with Gasteiger partial charge in [0.05, 0.1) is 5.69 Å². The molecule has 0 spiro atoms. The number of carboxylic acid groups (broad SMARTS) is 1. The van der Waals surface area contributed by atoms with Crippen molar-refractivity contribution in [3.05, 3.63) is 29.3 Å². The van der Waals surface area contributed by atoms with Crippen LogP contribution in [0.1, 0.15) is 42.6 Å². The van der Waals surface area contributed by atoms with Crippen molar-refractivity contribution in [2.75, 3.05) is 0 Å². The fourth-order valence-corrected chi connectivity index (χ4v) is 2.22. The molecule has 0 saturated heterocycles. The fraction of sp³-hybridized carbons (Fsp3) is 0.538. The summed E-state index contributed by atoms with van der Waals surface area (Å²) in [7, 11) is 1.88. The zero-order valence-electron chi connectivity index (χ0n) is 12.2. The Bertz CT molecular complexity index is 621. The van der Waals surface area contributed by atoms with E-state index in [1.54, 1.807) is 15.6 Å². The summed E-state index contributed by atoms with van der Waals surface area (Å²) < 4.78 is 3.47. The molecule has 0 fully saturated rings. The van der Waals surface area contributed by atoms with Crippen LogP contribution in [0.25, 0.3) is 0 Å². The van der Waals surface area contributed by atoms with Crippen LogP contribution in [0.4, 0.5) is 0 Å². The maximum absolute atomic E-state index is 11.2. The predicted octanol–water partition coefficient (Wildman–Crippen LogP) is 1.25. The molecule has 0 aromatic carbocycles. The van der Waals surface area contributed by atoms with E-state index in [1.807, 2.05) is 33.9 Å². The van der Waals surface area contributed by atoms with Crippen LogP contribution in [0.2, 0.25) is 0 Å². The van der Waals surface area contributed by atoms with Gasteiger partial charge < -0.3 is 5.11 Å².